The van der Waals surface area contributed by atoms with E-state index in [9.17, 15) is 18.0 Å². The molecule has 0 unspecified atom stereocenters. The molecular weight excluding hydrogens is 421 g/mol. The molecule has 146 valence electrons. The number of anilines is 1. The first-order chi connectivity index (χ1) is 13.9. The predicted octanol–water partition coefficient (Wildman–Crippen LogP) is 5.60. The second-order valence-electron chi connectivity index (χ2n) is 5.86. The van der Waals surface area contributed by atoms with Crippen molar-refractivity contribution in [1.82, 2.24) is 14.3 Å². The minimum atomic E-state index is -4.45. The van der Waals surface area contributed by atoms with Crippen LogP contribution in [0.1, 0.15) is 16.1 Å². The van der Waals surface area contributed by atoms with Gasteiger partial charge in [-0.25, -0.2) is 4.98 Å². The van der Waals surface area contributed by atoms with Crippen LogP contribution in [-0.2, 0) is 6.18 Å². The van der Waals surface area contributed by atoms with E-state index in [1.54, 1.807) is 5.38 Å². The lowest BCUT2D eigenvalue weighted by atomic mass is 10.1. The number of nitrogens with one attached hydrogen (secondary N) is 1. The molecule has 4 rings (SSSR count). The number of alkyl halides is 3. The van der Waals surface area contributed by atoms with Crippen molar-refractivity contribution in [3.8, 4) is 22.0 Å². The fourth-order valence-electron chi connectivity index (χ4n) is 2.48. The third kappa shape index (κ3) is 4.33. The average molecular weight is 432 g/mol. The molecule has 1 N–H and O–H groups in total. The van der Waals surface area contributed by atoms with Crippen molar-refractivity contribution in [3.63, 3.8) is 0 Å². The molecule has 1 amide bonds. The van der Waals surface area contributed by atoms with Crippen molar-refractivity contribution >= 4 is 33.9 Å². The molecule has 2 aromatic heterocycles. The highest BCUT2D eigenvalue weighted by molar-refractivity contribution is 7.13. The van der Waals surface area contributed by atoms with E-state index < -0.39 is 17.6 Å². The maximum absolute atomic E-state index is 12.9. The second-order valence-corrected chi connectivity index (χ2v) is 7.47. The van der Waals surface area contributed by atoms with Crippen molar-refractivity contribution in [3.05, 3.63) is 71.2 Å². The van der Waals surface area contributed by atoms with Crippen LogP contribution in [0.2, 0.25) is 0 Å². The van der Waals surface area contributed by atoms with Gasteiger partial charge in [0.25, 0.3) is 5.91 Å². The van der Waals surface area contributed by atoms with Crippen LogP contribution in [0, 0.1) is 0 Å². The highest BCUT2D eigenvalue weighted by Crippen LogP contribution is 2.32. The Hall–Kier alpha value is -3.11. The lowest BCUT2D eigenvalue weighted by Crippen LogP contribution is -2.12. The number of rotatable bonds is 4. The molecule has 0 radical (unpaired) electrons. The minimum Gasteiger partial charge on any atom is -0.295 e. The Labute approximate surface area is 171 Å². The molecular formula is C19H11F3N4OS2. The van der Waals surface area contributed by atoms with Crippen LogP contribution in [0.25, 0.3) is 22.0 Å². The van der Waals surface area contributed by atoms with E-state index in [1.165, 1.54) is 23.5 Å². The summed E-state index contributed by atoms with van der Waals surface area (Å²) in [7, 11) is 0. The Balaban J connectivity index is 1.50. The summed E-state index contributed by atoms with van der Waals surface area (Å²) in [5.41, 5.74) is 0.562. The van der Waals surface area contributed by atoms with Gasteiger partial charge in [-0.05, 0) is 12.1 Å². The summed E-state index contributed by atoms with van der Waals surface area (Å²) in [5.74, 6) is -0.352. The van der Waals surface area contributed by atoms with Gasteiger partial charge in [-0.1, -0.05) is 42.5 Å². The van der Waals surface area contributed by atoms with Crippen LogP contribution < -0.4 is 5.32 Å². The normalized spacial score (nSPS) is 11.4. The van der Waals surface area contributed by atoms with Crippen LogP contribution in [0.5, 0.6) is 0 Å². The van der Waals surface area contributed by atoms with Gasteiger partial charge < -0.3 is 0 Å². The number of amides is 1. The minimum absolute atomic E-state index is 0.111. The summed E-state index contributed by atoms with van der Waals surface area (Å²) in [4.78, 5) is 20.8. The summed E-state index contributed by atoms with van der Waals surface area (Å²) in [6, 6.07) is 14.2. The fraction of sp³-hybridized carbons (Fsp3) is 0.0526. The van der Waals surface area contributed by atoms with E-state index in [0.717, 1.165) is 29.2 Å². The predicted molar refractivity (Wildman–Crippen MR) is 106 cm³/mol. The maximum atomic E-state index is 12.9. The van der Waals surface area contributed by atoms with Gasteiger partial charge in [0.2, 0.25) is 5.13 Å². The molecule has 2 heterocycles. The Morgan fingerprint density at radius 1 is 0.966 bits per heavy atom. The lowest BCUT2D eigenvalue weighted by Gasteiger charge is -2.06. The van der Waals surface area contributed by atoms with Gasteiger partial charge in [0.05, 0.1) is 5.56 Å². The first-order valence-corrected chi connectivity index (χ1v) is 9.89. The Morgan fingerprint density at radius 3 is 2.48 bits per heavy atom. The number of thiazole rings is 1. The monoisotopic (exact) mass is 432 g/mol. The van der Waals surface area contributed by atoms with Gasteiger partial charge in [-0.15, -0.1) is 11.3 Å². The molecule has 2 aromatic carbocycles. The number of aromatic nitrogens is 3. The van der Waals surface area contributed by atoms with Gasteiger partial charge in [0, 0.05) is 28.0 Å². The highest BCUT2D eigenvalue weighted by Gasteiger charge is 2.30. The van der Waals surface area contributed by atoms with Gasteiger partial charge in [-0.3, -0.25) is 10.1 Å². The molecule has 0 bridgehead atoms. The largest absolute Gasteiger partial charge is 0.416 e. The number of halogens is 3. The summed E-state index contributed by atoms with van der Waals surface area (Å²) >= 11 is 2.22. The molecule has 4 aromatic rings. The molecule has 0 atom stereocenters. The first kappa shape index (κ1) is 19.2. The molecule has 0 spiro atoms. The quantitative estimate of drug-likeness (QED) is 0.456. The number of carbonyl (C=O) groups is 1. The number of hydrogen-bond donors (Lipinski definition) is 1. The van der Waals surface area contributed by atoms with Crippen molar-refractivity contribution in [1.29, 1.82) is 0 Å². The zero-order valence-corrected chi connectivity index (χ0v) is 16.1. The summed E-state index contributed by atoms with van der Waals surface area (Å²) in [6.45, 7) is 0. The smallest absolute Gasteiger partial charge is 0.295 e. The zero-order chi connectivity index (χ0) is 20.4. The van der Waals surface area contributed by atoms with Crippen molar-refractivity contribution in [2.24, 2.45) is 0 Å². The SMILES string of the molecule is O=C(Nc1nc(-c2cccc(C(F)(F)F)c2)ns1)c1csc(-c2ccccc2)n1. The first-order valence-electron chi connectivity index (χ1n) is 8.24. The van der Waals surface area contributed by atoms with Gasteiger partial charge >= 0.3 is 6.18 Å². The molecule has 29 heavy (non-hydrogen) atoms. The Bertz CT molecular complexity index is 1160. The van der Waals surface area contributed by atoms with Crippen LogP contribution in [0.3, 0.4) is 0 Å². The molecule has 0 aliphatic carbocycles. The molecule has 10 heteroatoms. The van der Waals surface area contributed by atoms with E-state index in [2.05, 4.69) is 19.7 Å². The molecule has 0 aliphatic heterocycles. The molecule has 0 aliphatic rings. The van der Waals surface area contributed by atoms with E-state index >= 15 is 0 Å². The second kappa shape index (κ2) is 7.72. The van der Waals surface area contributed by atoms with Gasteiger partial charge in [0.15, 0.2) is 5.82 Å². The van der Waals surface area contributed by atoms with Crippen molar-refractivity contribution < 1.29 is 18.0 Å². The van der Waals surface area contributed by atoms with Crippen LogP contribution in [0.15, 0.2) is 60.0 Å². The molecule has 5 nitrogen and oxygen atoms in total. The van der Waals surface area contributed by atoms with E-state index in [0.29, 0.717) is 5.01 Å². The zero-order valence-electron chi connectivity index (χ0n) is 14.5. The highest BCUT2D eigenvalue weighted by atomic mass is 32.1. The Morgan fingerprint density at radius 2 is 1.72 bits per heavy atom. The standard InChI is InChI=1S/C19H11F3N4OS2/c20-19(21,22)13-8-4-7-12(9-13)15-24-18(29-26-15)25-16(27)14-10-28-17(23-14)11-5-2-1-3-6-11/h1-10H,(H,24,25,26,27). The van der Waals surface area contributed by atoms with E-state index in [4.69, 9.17) is 0 Å². The van der Waals surface area contributed by atoms with Crippen LogP contribution in [-0.4, -0.2) is 20.2 Å². The lowest BCUT2D eigenvalue weighted by molar-refractivity contribution is -0.137. The van der Waals surface area contributed by atoms with Crippen LogP contribution >= 0.6 is 22.9 Å². The molecule has 0 saturated carbocycles. The number of carbonyl (C=O) groups excluding carboxylic acids is 1. The number of nitrogens with zero attached hydrogens (tertiary/aromatic N) is 3. The third-order valence-electron chi connectivity index (χ3n) is 3.85. The molecule has 0 saturated heterocycles. The van der Waals surface area contributed by atoms with E-state index in [-0.39, 0.29) is 22.2 Å². The summed E-state index contributed by atoms with van der Waals surface area (Å²) in [6.07, 6.45) is -4.45. The third-order valence-corrected chi connectivity index (χ3v) is 5.37. The fourth-order valence-corrected chi connectivity index (χ4v) is 3.87. The topological polar surface area (TPSA) is 67.8 Å². The summed E-state index contributed by atoms with van der Waals surface area (Å²) in [5, 5.41) is 5.10. The van der Waals surface area contributed by atoms with Crippen LogP contribution in [0.4, 0.5) is 18.3 Å². The summed E-state index contributed by atoms with van der Waals surface area (Å²) < 4.78 is 42.7. The number of benzene rings is 2. The number of hydrogen-bond acceptors (Lipinski definition) is 6. The maximum Gasteiger partial charge on any atom is 0.416 e. The van der Waals surface area contributed by atoms with E-state index in [1.807, 2.05) is 30.3 Å². The average Bonchev–Trinajstić information content (AvgIpc) is 3.38. The Kier molecular flexibility index (Phi) is 5.12. The van der Waals surface area contributed by atoms with Gasteiger partial charge in [0.1, 0.15) is 10.7 Å². The van der Waals surface area contributed by atoms with Gasteiger partial charge in [-0.2, -0.15) is 22.5 Å². The molecule has 0 fully saturated rings. The van der Waals surface area contributed by atoms with Crippen molar-refractivity contribution in [2.45, 2.75) is 6.18 Å². The van der Waals surface area contributed by atoms with Crippen molar-refractivity contribution in [2.75, 3.05) is 5.32 Å².